The average Bonchev–Trinajstić information content (AvgIpc) is 2.68. The minimum atomic E-state index is 0.596. The van der Waals surface area contributed by atoms with E-state index in [2.05, 4.69) is 9.97 Å². The van der Waals surface area contributed by atoms with Crippen LogP contribution in [0.25, 0.3) is 0 Å². The summed E-state index contributed by atoms with van der Waals surface area (Å²) < 4.78 is 0. The van der Waals surface area contributed by atoms with Gasteiger partial charge >= 0.3 is 0 Å². The lowest BCUT2D eigenvalue weighted by Crippen LogP contribution is -2.00. The molecular weight excluding hydrogens is 150 g/mol. The van der Waals surface area contributed by atoms with Crippen LogP contribution in [0.3, 0.4) is 0 Å². The zero-order chi connectivity index (χ0) is 8.55. The normalized spacial score (nSPS) is 16.4. The highest BCUT2D eigenvalue weighted by Crippen LogP contribution is 2.32. The van der Waals surface area contributed by atoms with Crippen LogP contribution in [0.2, 0.25) is 0 Å². The Morgan fingerprint density at radius 3 is 2.83 bits per heavy atom. The summed E-state index contributed by atoms with van der Waals surface area (Å²) in [6.45, 7) is 1.88. The van der Waals surface area contributed by atoms with Gasteiger partial charge < -0.3 is 5.73 Å². The molecule has 1 aromatic rings. The maximum absolute atomic E-state index is 5.60. The fraction of sp³-hybridized carbons (Fsp3) is 0.556. The molecule has 3 nitrogen and oxygen atoms in total. The third kappa shape index (κ3) is 1.72. The van der Waals surface area contributed by atoms with Crippen molar-refractivity contribution < 1.29 is 0 Å². The van der Waals surface area contributed by atoms with Gasteiger partial charge in [-0.05, 0) is 32.1 Å². The Hall–Kier alpha value is -1.12. The number of hydrogen-bond donors (Lipinski definition) is 1. The molecule has 2 rings (SSSR count). The molecule has 0 atom stereocenters. The number of anilines is 1. The molecule has 0 amide bonds. The zero-order valence-electron chi connectivity index (χ0n) is 7.25. The maximum Gasteiger partial charge on any atom is 0.127 e. The van der Waals surface area contributed by atoms with Gasteiger partial charge in [0.05, 0.1) is 0 Å². The first-order valence-corrected chi connectivity index (χ1v) is 4.34. The molecule has 1 heterocycles. The SMILES string of the molecule is Cc1nc(N)cc(CC2CC2)n1. The fourth-order valence-corrected chi connectivity index (χ4v) is 1.38. The second-order valence-electron chi connectivity index (χ2n) is 3.48. The fourth-order valence-electron chi connectivity index (χ4n) is 1.38. The van der Waals surface area contributed by atoms with Gasteiger partial charge in [-0.1, -0.05) is 0 Å². The second kappa shape index (κ2) is 2.73. The minimum Gasteiger partial charge on any atom is -0.384 e. The Morgan fingerprint density at radius 2 is 2.25 bits per heavy atom. The van der Waals surface area contributed by atoms with E-state index in [-0.39, 0.29) is 0 Å². The summed E-state index contributed by atoms with van der Waals surface area (Å²) >= 11 is 0. The Bertz CT molecular complexity index is 272. The summed E-state index contributed by atoms with van der Waals surface area (Å²) in [6.07, 6.45) is 3.78. The molecule has 64 valence electrons. The van der Waals surface area contributed by atoms with Gasteiger partial charge in [-0.15, -0.1) is 0 Å². The predicted octanol–water partition coefficient (Wildman–Crippen LogP) is 1.32. The Labute approximate surface area is 72.0 Å². The monoisotopic (exact) mass is 163 g/mol. The predicted molar refractivity (Wildman–Crippen MR) is 47.6 cm³/mol. The number of nitrogens with two attached hydrogens (primary N) is 1. The molecule has 2 N–H and O–H groups in total. The molecule has 1 aliphatic rings. The Morgan fingerprint density at radius 1 is 1.50 bits per heavy atom. The first-order chi connectivity index (χ1) is 5.74. The van der Waals surface area contributed by atoms with E-state index in [1.807, 2.05) is 13.0 Å². The quantitative estimate of drug-likeness (QED) is 0.715. The number of hydrogen-bond acceptors (Lipinski definition) is 3. The van der Waals surface area contributed by atoms with Crippen molar-refractivity contribution >= 4 is 5.82 Å². The van der Waals surface area contributed by atoms with Crippen LogP contribution in [0.1, 0.15) is 24.4 Å². The molecule has 1 aromatic heterocycles. The smallest absolute Gasteiger partial charge is 0.127 e. The van der Waals surface area contributed by atoms with Crippen molar-refractivity contribution in [2.24, 2.45) is 5.92 Å². The largest absolute Gasteiger partial charge is 0.384 e. The summed E-state index contributed by atoms with van der Waals surface area (Å²) in [5, 5.41) is 0. The van der Waals surface area contributed by atoms with Crippen LogP contribution in [-0.2, 0) is 6.42 Å². The van der Waals surface area contributed by atoms with E-state index in [0.29, 0.717) is 5.82 Å². The molecule has 1 aliphatic carbocycles. The number of nitrogens with zero attached hydrogens (tertiary/aromatic N) is 2. The van der Waals surface area contributed by atoms with Gasteiger partial charge in [-0.25, -0.2) is 9.97 Å². The van der Waals surface area contributed by atoms with Crippen LogP contribution >= 0.6 is 0 Å². The van der Waals surface area contributed by atoms with Crippen LogP contribution in [0.5, 0.6) is 0 Å². The van der Waals surface area contributed by atoms with Crippen LogP contribution in [0.4, 0.5) is 5.82 Å². The minimum absolute atomic E-state index is 0.596. The molecule has 12 heavy (non-hydrogen) atoms. The van der Waals surface area contributed by atoms with E-state index in [4.69, 9.17) is 5.73 Å². The highest BCUT2D eigenvalue weighted by molar-refractivity contribution is 5.29. The summed E-state index contributed by atoms with van der Waals surface area (Å²) in [5.74, 6) is 2.24. The van der Waals surface area contributed by atoms with Gasteiger partial charge in [0.25, 0.3) is 0 Å². The lowest BCUT2D eigenvalue weighted by atomic mass is 10.2. The van der Waals surface area contributed by atoms with Crippen molar-refractivity contribution in [2.45, 2.75) is 26.2 Å². The van der Waals surface area contributed by atoms with Gasteiger partial charge in [0.1, 0.15) is 11.6 Å². The summed E-state index contributed by atoms with van der Waals surface area (Å²) in [7, 11) is 0. The first kappa shape index (κ1) is 7.53. The summed E-state index contributed by atoms with van der Waals surface area (Å²) in [6, 6.07) is 1.88. The van der Waals surface area contributed by atoms with E-state index >= 15 is 0 Å². The third-order valence-electron chi connectivity index (χ3n) is 2.11. The van der Waals surface area contributed by atoms with Crippen LogP contribution in [0, 0.1) is 12.8 Å². The van der Waals surface area contributed by atoms with E-state index in [9.17, 15) is 0 Å². The second-order valence-corrected chi connectivity index (χ2v) is 3.48. The molecule has 0 aliphatic heterocycles. The number of nitrogen functional groups attached to an aromatic ring is 1. The van der Waals surface area contributed by atoms with E-state index in [0.717, 1.165) is 23.9 Å². The number of rotatable bonds is 2. The molecule has 0 radical (unpaired) electrons. The van der Waals surface area contributed by atoms with Gasteiger partial charge in [0.15, 0.2) is 0 Å². The molecule has 1 saturated carbocycles. The highest BCUT2D eigenvalue weighted by atomic mass is 14.9. The maximum atomic E-state index is 5.60. The first-order valence-electron chi connectivity index (χ1n) is 4.34. The highest BCUT2D eigenvalue weighted by Gasteiger charge is 2.22. The van der Waals surface area contributed by atoms with Crippen molar-refractivity contribution in [3.8, 4) is 0 Å². The van der Waals surface area contributed by atoms with Gasteiger partial charge in [-0.2, -0.15) is 0 Å². The Kier molecular flexibility index (Phi) is 1.71. The molecule has 0 aromatic carbocycles. The van der Waals surface area contributed by atoms with E-state index in [1.54, 1.807) is 0 Å². The molecular formula is C9H13N3. The van der Waals surface area contributed by atoms with Gasteiger partial charge in [-0.3, -0.25) is 0 Å². The molecule has 0 saturated heterocycles. The van der Waals surface area contributed by atoms with Crippen LogP contribution < -0.4 is 5.73 Å². The van der Waals surface area contributed by atoms with Crippen molar-refractivity contribution in [1.29, 1.82) is 0 Å². The number of aryl methyl sites for hydroxylation is 1. The van der Waals surface area contributed by atoms with Crippen molar-refractivity contribution in [3.63, 3.8) is 0 Å². The van der Waals surface area contributed by atoms with Gasteiger partial charge in [0, 0.05) is 11.8 Å². The molecule has 1 fully saturated rings. The lowest BCUT2D eigenvalue weighted by molar-refractivity contribution is 0.792. The molecule has 0 spiro atoms. The summed E-state index contributed by atoms with van der Waals surface area (Å²) in [4.78, 5) is 8.35. The summed E-state index contributed by atoms with van der Waals surface area (Å²) in [5.41, 5.74) is 6.70. The molecule has 3 heteroatoms. The Balaban J connectivity index is 2.18. The van der Waals surface area contributed by atoms with Crippen molar-refractivity contribution in [3.05, 3.63) is 17.6 Å². The third-order valence-corrected chi connectivity index (χ3v) is 2.11. The van der Waals surface area contributed by atoms with Crippen LogP contribution in [0.15, 0.2) is 6.07 Å². The standard InChI is InChI=1S/C9H13N3/c1-6-11-8(4-7-2-3-7)5-9(10)12-6/h5,7H,2-4H2,1H3,(H2,10,11,12). The van der Waals surface area contributed by atoms with Gasteiger partial charge in [0.2, 0.25) is 0 Å². The van der Waals surface area contributed by atoms with Crippen molar-refractivity contribution in [1.82, 2.24) is 9.97 Å². The van der Waals surface area contributed by atoms with Crippen molar-refractivity contribution in [2.75, 3.05) is 5.73 Å². The number of aromatic nitrogens is 2. The zero-order valence-corrected chi connectivity index (χ0v) is 7.25. The van der Waals surface area contributed by atoms with E-state index < -0.39 is 0 Å². The molecule has 0 bridgehead atoms. The van der Waals surface area contributed by atoms with E-state index in [1.165, 1.54) is 12.8 Å². The topological polar surface area (TPSA) is 51.8 Å². The lowest BCUT2D eigenvalue weighted by Gasteiger charge is -2.00. The average molecular weight is 163 g/mol. The molecule has 0 unspecified atom stereocenters. The van der Waals surface area contributed by atoms with Crippen LogP contribution in [-0.4, -0.2) is 9.97 Å².